The number of anilines is 1. The number of esters is 2. The summed E-state index contributed by atoms with van der Waals surface area (Å²) in [5.41, 5.74) is 0.112. The molecule has 22 heavy (non-hydrogen) atoms. The third-order valence-corrected chi connectivity index (χ3v) is 2.94. The summed E-state index contributed by atoms with van der Waals surface area (Å²) in [7, 11) is 0. The largest absolute Gasteiger partial charge is 0.464 e. The lowest BCUT2D eigenvalue weighted by atomic mass is 10.0. The molecule has 122 valence electrons. The van der Waals surface area contributed by atoms with Gasteiger partial charge in [-0.2, -0.15) is 4.98 Å². The number of hydrogen-bond acceptors (Lipinski definition) is 7. The van der Waals surface area contributed by atoms with Crippen LogP contribution in [0.15, 0.2) is 6.20 Å². The average Bonchev–Trinajstić information content (AvgIpc) is 2.44. The number of halogens is 1. The topological polar surface area (TPSA) is 90.4 Å². The molecule has 0 saturated carbocycles. The van der Waals surface area contributed by atoms with Crippen molar-refractivity contribution in [1.29, 1.82) is 0 Å². The Labute approximate surface area is 134 Å². The predicted molar refractivity (Wildman–Crippen MR) is 81.9 cm³/mol. The number of carbonyl (C=O) groups excluding carboxylic acids is 2. The van der Waals surface area contributed by atoms with E-state index in [9.17, 15) is 9.59 Å². The number of nitrogens with one attached hydrogen (secondary N) is 1. The van der Waals surface area contributed by atoms with Gasteiger partial charge < -0.3 is 14.8 Å². The minimum atomic E-state index is -0.668. The number of carbonyl (C=O) groups is 2. The monoisotopic (exact) mass is 329 g/mol. The van der Waals surface area contributed by atoms with Crippen molar-refractivity contribution in [3.05, 3.63) is 17.0 Å². The van der Waals surface area contributed by atoms with Crippen molar-refractivity contribution in [2.24, 2.45) is 5.92 Å². The van der Waals surface area contributed by atoms with E-state index in [1.54, 1.807) is 13.8 Å². The Morgan fingerprint density at radius 2 is 1.91 bits per heavy atom. The van der Waals surface area contributed by atoms with E-state index in [4.69, 9.17) is 21.1 Å². The maximum absolute atomic E-state index is 12.0. The minimum Gasteiger partial charge on any atom is -0.464 e. The minimum absolute atomic E-state index is 0.0399. The molecule has 0 aliphatic heterocycles. The van der Waals surface area contributed by atoms with Crippen LogP contribution in [0.1, 0.15) is 38.1 Å². The number of hydrogen-bond donors (Lipinski definition) is 1. The zero-order valence-corrected chi connectivity index (χ0v) is 13.8. The van der Waals surface area contributed by atoms with E-state index in [0.29, 0.717) is 0 Å². The molecule has 1 atom stereocenters. The maximum Gasteiger partial charge on any atom is 0.343 e. The highest BCUT2D eigenvalue weighted by Gasteiger charge is 2.26. The molecule has 1 rings (SSSR count). The first-order chi connectivity index (χ1) is 10.4. The van der Waals surface area contributed by atoms with E-state index in [2.05, 4.69) is 15.3 Å². The van der Waals surface area contributed by atoms with Crippen LogP contribution in [-0.2, 0) is 14.3 Å². The molecule has 0 amide bonds. The van der Waals surface area contributed by atoms with Gasteiger partial charge in [0.25, 0.3) is 0 Å². The Bertz CT molecular complexity index is 537. The molecule has 0 saturated heterocycles. The first-order valence-corrected chi connectivity index (χ1v) is 7.41. The van der Waals surface area contributed by atoms with Crippen molar-refractivity contribution in [3.63, 3.8) is 0 Å². The molecule has 0 radical (unpaired) electrons. The highest BCUT2D eigenvalue weighted by atomic mass is 35.5. The van der Waals surface area contributed by atoms with Gasteiger partial charge in [0.05, 0.1) is 13.2 Å². The van der Waals surface area contributed by atoms with E-state index in [-0.39, 0.29) is 35.8 Å². The number of nitrogens with zero attached hydrogens (tertiary/aromatic N) is 2. The summed E-state index contributed by atoms with van der Waals surface area (Å²) in [4.78, 5) is 31.7. The van der Waals surface area contributed by atoms with Gasteiger partial charge in [0, 0.05) is 6.20 Å². The van der Waals surface area contributed by atoms with E-state index >= 15 is 0 Å². The first-order valence-electron chi connectivity index (χ1n) is 7.03. The van der Waals surface area contributed by atoms with Crippen LogP contribution in [0.5, 0.6) is 0 Å². The van der Waals surface area contributed by atoms with Crippen molar-refractivity contribution < 1.29 is 19.1 Å². The van der Waals surface area contributed by atoms with Crippen LogP contribution in [0.4, 0.5) is 5.82 Å². The summed E-state index contributed by atoms with van der Waals surface area (Å²) in [5, 5.41) is 2.86. The van der Waals surface area contributed by atoms with Gasteiger partial charge in [-0.05, 0) is 31.4 Å². The van der Waals surface area contributed by atoms with E-state index in [1.165, 1.54) is 6.20 Å². The molecule has 1 N–H and O–H groups in total. The Hall–Kier alpha value is -1.89. The zero-order chi connectivity index (χ0) is 16.7. The quantitative estimate of drug-likeness (QED) is 0.606. The summed E-state index contributed by atoms with van der Waals surface area (Å²) >= 11 is 5.77. The Morgan fingerprint density at radius 1 is 1.27 bits per heavy atom. The normalized spacial score (nSPS) is 11.9. The molecule has 0 aliphatic carbocycles. The maximum atomic E-state index is 12.0. The van der Waals surface area contributed by atoms with E-state index < -0.39 is 18.0 Å². The van der Waals surface area contributed by atoms with Crippen LogP contribution in [0, 0.1) is 5.92 Å². The van der Waals surface area contributed by atoms with Gasteiger partial charge in [-0.3, -0.25) is 0 Å². The van der Waals surface area contributed by atoms with Crippen LogP contribution >= 0.6 is 11.6 Å². The highest BCUT2D eigenvalue weighted by molar-refractivity contribution is 6.28. The van der Waals surface area contributed by atoms with Crippen LogP contribution in [0.3, 0.4) is 0 Å². The Kier molecular flexibility index (Phi) is 7.04. The van der Waals surface area contributed by atoms with Crippen molar-refractivity contribution in [1.82, 2.24) is 9.97 Å². The molecular weight excluding hydrogens is 310 g/mol. The van der Waals surface area contributed by atoms with Gasteiger partial charge in [-0.25, -0.2) is 14.6 Å². The summed E-state index contributed by atoms with van der Waals surface area (Å²) in [5.74, 6) is -0.955. The molecule has 0 unspecified atom stereocenters. The fraction of sp³-hybridized carbons (Fsp3) is 0.571. The van der Waals surface area contributed by atoms with Crippen molar-refractivity contribution in [2.45, 2.75) is 33.7 Å². The lowest BCUT2D eigenvalue weighted by molar-refractivity contribution is -0.145. The third kappa shape index (κ3) is 4.84. The standard InChI is InChI=1S/C14H20ClN3O4/c1-5-21-12(19)9-7-16-14(15)18-11(9)17-10(8(3)4)13(20)22-6-2/h7-8,10H,5-6H2,1-4H3,(H,16,17,18)/t10-/m0/s1. The van der Waals surface area contributed by atoms with Gasteiger partial charge in [0.15, 0.2) is 0 Å². The lowest BCUT2D eigenvalue weighted by Gasteiger charge is -2.22. The summed E-state index contributed by atoms with van der Waals surface area (Å²) in [6, 6.07) is -0.668. The van der Waals surface area contributed by atoms with Crippen molar-refractivity contribution in [2.75, 3.05) is 18.5 Å². The lowest BCUT2D eigenvalue weighted by Crippen LogP contribution is -2.37. The molecule has 0 aromatic carbocycles. The number of aromatic nitrogens is 2. The summed E-state index contributed by atoms with van der Waals surface area (Å²) < 4.78 is 9.96. The van der Waals surface area contributed by atoms with Crippen molar-refractivity contribution >= 4 is 29.4 Å². The SMILES string of the molecule is CCOC(=O)c1cnc(Cl)nc1N[C@H](C(=O)OCC)C(C)C. The Morgan fingerprint density at radius 3 is 2.45 bits per heavy atom. The second-order valence-electron chi connectivity index (χ2n) is 4.74. The third-order valence-electron chi connectivity index (χ3n) is 2.75. The van der Waals surface area contributed by atoms with Crippen molar-refractivity contribution in [3.8, 4) is 0 Å². The second-order valence-corrected chi connectivity index (χ2v) is 5.08. The molecule has 1 aromatic heterocycles. The van der Waals surface area contributed by atoms with Crippen LogP contribution in [0.25, 0.3) is 0 Å². The zero-order valence-electron chi connectivity index (χ0n) is 13.1. The van der Waals surface area contributed by atoms with Crippen LogP contribution in [0.2, 0.25) is 5.28 Å². The molecule has 7 nitrogen and oxygen atoms in total. The fourth-order valence-corrected chi connectivity index (χ4v) is 1.84. The fourth-order valence-electron chi connectivity index (χ4n) is 1.71. The number of rotatable bonds is 7. The average molecular weight is 330 g/mol. The molecule has 0 aliphatic rings. The second kappa shape index (κ2) is 8.53. The molecule has 1 heterocycles. The van der Waals surface area contributed by atoms with Crippen LogP contribution in [-0.4, -0.2) is 41.2 Å². The molecule has 0 bridgehead atoms. The smallest absolute Gasteiger partial charge is 0.343 e. The molecular formula is C14H20ClN3O4. The van der Waals surface area contributed by atoms with Crippen LogP contribution < -0.4 is 5.32 Å². The van der Waals surface area contributed by atoms with Gasteiger partial charge >= 0.3 is 11.9 Å². The van der Waals surface area contributed by atoms with E-state index in [0.717, 1.165) is 0 Å². The highest BCUT2D eigenvalue weighted by Crippen LogP contribution is 2.19. The van der Waals surface area contributed by atoms with Gasteiger partial charge in [0.1, 0.15) is 17.4 Å². The number of ether oxygens (including phenoxy) is 2. The molecule has 8 heteroatoms. The molecule has 0 fully saturated rings. The van der Waals surface area contributed by atoms with E-state index in [1.807, 2.05) is 13.8 Å². The van der Waals surface area contributed by atoms with Gasteiger partial charge in [-0.1, -0.05) is 13.8 Å². The Balaban J connectivity index is 3.10. The van der Waals surface area contributed by atoms with Gasteiger partial charge in [-0.15, -0.1) is 0 Å². The summed E-state index contributed by atoms with van der Waals surface area (Å²) in [6.07, 6.45) is 1.26. The first kappa shape index (κ1) is 18.2. The van der Waals surface area contributed by atoms with Gasteiger partial charge in [0.2, 0.25) is 5.28 Å². The molecule has 0 spiro atoms. The summed E-state index contributed by atoms with van der Waals surface area (Å²) in [6.45, 7) is 7.59. The molecule has 1 aromatic rings. The predicted octanol–water partition coefficient (Wildman–Crippen LogP) is 2.31.